The quantitative estimate of drug-likeness (QED) is 0.383. The number of ketones is 1. The SMILES string of the molecule is C/C(=N\OC(=O)CN(C)C)[C@H]1CCC2[C@@H]3CCC4=CC(=O)CC[C@]4(C)C3CC[C@@]21C. The molecule has 5 heteroatoms. The molecule has 0 aromatic heterocycles. The number of carbonyl (C=O) groups is 2. The van der Waals surface area contributed by atoms with Crippen LogP contribution in [0.1, 0.15) is 72.1 Å². The van der Waals surface area contributed by atoms with E-state index in [1.54, 1.807) is 4.90 Å². The minimum absolute atomic E-state index is 0.223. The third kappa shape index (κ3) is 3.57. The maximum Gasteiger partial charge on any atom is 0.348 e. The molecule has 30 heavy (non-hydrogen) atoms. The lowest BCUT2D eigenvalue weighted by Crippen LogP contribution is -2.51. The second-order valence-electron chi connectivity index (χ2n) is 11.1. The molecular weight excluding hydrogens is 376 g/mol. The largest absolute Gasteiger partial charge is 0.348 e. The standard InChI is InChI=1S/C25H38N2O3/c1-16(26-30-23(29)15-27(4)5)20-8-9-21-19-7-6-17-14-18(28)10-12-24(17,2)22(19)11-13-25(20,21)3/h14,19-22H,6-13,15H2,1-5H3/b26-16+/t19-,20+,21?,22?,24-,25+/m0/s1. The van der Waals surface area contributed by atoms with Gasteiger partial charge in [0, 0.05) is 12.3 Å². The van der Waals surface area contributed by atoms with E-state index in [9.17, 15) is 9.59 Å². The summed E-state index contributed by atoms with van der Waals surface area (Å²) >= 11 is 0. The highest BCUT2D eigenvalue weighted by Crippen LogP contribution is 2.66. The summed E-state index contributed by atoms with van der Waals surface area (Å²) in [4.78, 5) is 30.9. The maximum atomic E-state index is 12.0. The third-order valence-corrected chi connectivity index (χ3v) is 9.20. The van der Waals surface area contributed by atoms with Crippen molar-refractivity contribution < 1.29 is 14.4 Å². The fourth-order valence-corrected chi connectivity index (χ4v) is 7.72. The lowest BCUT2D eigenvalue weighted by atomic mass is 9.46. The highest BCUT2D eigenvalue weighted by Gasteiger charge is 2.59. The first-order valence-electron chi connectivity index (χ1n) is 11.8. The van der Waals surface area contributed by atoms with Crippen molar-refractivity contribution >= 4 is 17.5 Å². The summed E-state index contributed by atoms with van der Waals surface area (Å²) in [6.45, 7) is 7.20. The van der Waals surface area contributed by atoms with E-state index in [1.165, 1.54) is 31.3 Å². The number of hydrogen-bond acceptors (Lipinski definition) is 5. The molecule has 0 spiro atoms. The van der Waals surface area contributed by atoms with Gasteiger partial charge in [-0.1, -0.05) is 24.6 Å². The fraction of sp³-hybridized carbons (Fsp3) is 0.800. The third-order valence-electron chi connectivity index (χ3n) is 9.20. The van der Waals surface area contributed by atoms with E-state index in [2.05, 4.69) is 19.0 Å². The van der Waals surface area contributed by atoms with Gasteiger partial charge in [0.1, 0.15) is 0 Å². The summed E-state index contributed by atoms with van der Waals surface area (Å²) in [6.07, 6.45) is 10.9. The van der Waals surface area contributed by atoms with Crippen LogP contribution < -0.4 is 0 Å². The molecule has 6 atom stereocenters. The Morgan fingerprint density at radius 1 is 1.13 bits per heavy atom. The van der Waals surface area contributed by atoms with E-state index < -0.39 is 0 Å². The molecule has 0 aliphatic heterocycles. The Balaban J connectivity index is 1.51. The summed E-state index contributed by atoms with van der Waals surface area (Å²) in [5, 5.41) is 4.28. The molecule has 4 aliphatic rings. The number of hydrogen-bond donors (Lipinski definition) is 0. The zero-order chi connectivity index (χ0) is 21.7. The Bertz CT molecular complexity index is 785. The van der Waals surface area contributed by atoms with Crippen molar-refractivity contribution in [1.82, 2.24) is 4.90 Å². The maximum absolute atomic E-state index is 12.0. The fourth-order valence-electron chi connectivity index (χ4n) is 7.72. The van der Waals surface area contributed by atoms with Crippen molar-refractivity contribution in [2.75, 3.05) is 20.6 Å². The molecule has 2 unspecified atom stereocenters. The molecule has 0 aromatic rings. The minimum atomic E-state index is -0.297. The van der Waals surface area contributed by atoms with Gasteiger partial charge in [0.15, 0.2) is 5.78 Å². The van der Waals surface area contributed by atoms with Crippen molar-refractivity contribution in [1.29, 1.82) is 0 Å². The number of nitrogens with zero attached hydrogens (tertiary/aromatic N) is 2. The molecule has 0 aromatic carbocycles. The zero-order valence-corrected chi connectivity index (χ0v) is 19.4. The van der Waals surface area contributed by atoms with Crippen molar-refractivity contribution in [3.63, 3.8) is 0 Å². The van der Waals surface area contributed by atoms with E-state index in [0.29, 0.717) is 23.5 Å². The van der Waals surface area contributed by atoms with Gasteiger partial charge in [0.25, 0.3) is 0 Å². The second kappa shape index (κ2) is 7.89. The highest BCUT2D eigenvalue weighted by molar-refractivity contribution is 5.91. The van der Waals surface area contributed by atoms with E-state index >= 15 is 0 Å². The van der Waals surface area contributed by atoms with E-state index in [-0.39, 0.29) is 23.3 Å². The molecule has 0 amide bonds. The van der Waals surface area contributed by atoms with Gasteiger partial charge in [-0.3, -0.25) is 9.69 Å². The number of rotatable bonds is 4. The van der Waals surface area contributed by atoms with E-state index in [0.717, 1.165) is 37.3 Å². The number of allylic oxidation sites excluding steroid dienone is 1. The normalized spacial score (nSPS) is 41.1. The van der Waals surface area contributed by atoms with Gasteiger partial charge < -0.3 is 4.84 Å². The Kier molecular flexibility index (Phi) is 5.71. The van der Waals surface area contributed by atoms with Gasteiger partial charge in [-0.05, 0) is 101 Å². The molecule has 0 bridgehead atoms. The Hall–Kier alpha value is -1.49. The molecule has 3 fully saturated rings. The first-order chi connectivity index (χ1) is 14.1. The van der Waals surface area contributed by atoms with Crippen LogP contribution >= 0.6 is 0 Å². The lowest BCUT2D eigenvalue weighted by Gasteiger charge is -2.58. The van der Waals surface area contributed by atoms with Crippen LogP contribution in [-0.2, 0) is 14.4 Å². The topological polar surface area (TPSA) is 59.0 Å². The van der Waals surface area contributed by atoms with Crippen LogP contribution in [-0.4, -0.2) is 43.0 Å². The number of oxime groups is 1. The molecule has 4 aliphatic carbocycles. The van der Waals surface area contributed by atoms with Gasteiger partial charge in [-0.2, -0.15) is 0 Å². The summed E-state index contributed by atoms with van der Waals surface area (Å²) in [7, 11) is 3.71. The summed E-state index contributed by atoms with van der Waals surface area (Å²) < 4.78 is 0. The molecular formula is C25H38N2O3. The van der Waals surface area contributed by atoms with Gasteiger partial charge >= 0.3 is 5.97 Å². The lowest BCUT2D eigenvalue weighted by molar-refractivity contribution is -0.144. The zero-order valence-electron chi connectivity index (χ0n) is 19.4. The van der Waals surface area contributed by atoms with Gasteiger partial charge in [-0.15, -0.1) is 0 Å². The average molecular weight is 415 g/mol. The first kappa shape index (κ1) is 21.7. The van der Waals surface area contributed by atoms with Crippen LogP contribution in [0.5, 0.6) is 0 Å². The molecule has 166 valence electrons. The summed E-state index contributed by atoms with van der Waals surface area (Å²) in [5.41, 5.74) is 2.88. The monoisotopic (exact) mass is 414 g/mol. The first-order valence-corrected chi connectivity index (χ1v) is 11.8. The molecule has 0 N–H and O–H groups in total. The Morgan fingerprint density at radius 2 is 1.90 bits per heavy atom. The number of fused-ring (bicyclic) bond motifs is 5. The van der Waals surface area contributed by atoms with Crippen LogP contribution in [0.3, 0.4) is 0 Å². The second-order valence-corrected chi connectivity index (χ2v) is 11.1. The minimum Gasteiger partial charge on any atom is -0.317 e. The highest BCUT2D eigenvalue weighted by atomic mass is 16.7. The van der Waals surface area contributed by atoms with Crippen molar-refractivity contribution in [3.05, 3.63) is 11.6 Å². The molecule has 0 radical (unpaired) electrons. The van der Waals surface area contributed by atoms with Crippen LogP contribution in [0.4, 0.5) is 0 Å². The van der Waals surface area contributed by atoms with Crippen LogP contribution in [0.25, 0.3) is 0 Å². The summed E-state index contributed by atoms with van der Waals surface area (Å²) in [6, 6.07) is 0. The van der Waals surface area contributed by atoms with E-state index in [1.807, 2.05) is 27.1 Å². The smallest absolute Gasteiger partial charge is 0.317 e. The van der Waals surface area contributed by atoms with Gasteiger partial charge in [0.2, 0.25) is 0 Å². The Morgan fingerprint density at radius 3 is 2.63 bits per heavy atom. The van der Waals surface area contributed by atoms with Crippen molar-refractivity contribution in [2.24, 2.45) is 39.7 Å². The van der Waals surface area contributed by atoms with Gasteiger partial charge in [-0.25, -0.2) is 4.79 Å². The Labute approximate surface area is 181 Å². The predicted octanol–water partition coefficient (Wildman–Crippen LogP) is 4.62. The van der Waals surface area contributed by atoms with E-state index in [4.69, 9.17) is 4.84 Å². The summed E-state index contributed by atoms with van der Waals surface area (Å²) in [5.74, 6) is 2.59. The molecule has 3 saturated carbocycles. The van der Waals surface area contributed by atoms with Crippen molar-refractivity contribution in [3.8, 4) is 0 Å². The molecule has 5 nitrogen and oxygen atoms in total. The van der Waals surface area contributed by atoms with Gasteiger partial charge in [0.05, 0.1) is 12.3 Å². The molecule has 0 saturated heterocycles. The number of likely N-dealkylation sites (N-methyl/N-ethyl adjacent to an activating group) is 1. The van der Waals surface area contributed by atoms with Crippen LogP contribution in [0, 0.1) is 34.5 Å². The molecule has 4 rings (SSSR count). The molecule has 0 heterocycles. The number of carbonyl (C=O) groups excluding carboxylic acids is 2. The van der Waals surface area contributed by atoms with Crippen LogP contribution in [0.2, 0.25) is 0 Å². The predicted molar refractivity (Wildman–Crippen MR) is 118 cm³/mol. The van der Waals surface area contributed by atoms with Crippen LogP contribution in [0.15, 0.2) is 16.8 Å². The average Bonchev–Trinajstić information content (AvgIpc) is 3.03. The van der Waals surface area contributed by atoms with Crippen molar-refractivity contribution in [2.45, 2.75) is 72.1 Å².